The fourth-order valence-corrected chi connectivity index (χ4v) is 4.21. The quantitative estimate of drug-likeness (QED) is 0.540. The van der Waals surface area contributed by atoms with Crippen molar-refractivity contribution in [2.75, 3.05) is 51.7 Å². The van der Waals surface area contributed by atoms with E-state index in [0.29, 0.717) is 36.5 Å². The number of anilines is 1. The van der Waals surface area contributed by atoms with Crippen molar-refractivity contribution in [2.45, 2.75) is 32.6 Å². The molecule has 0 N–H and O–H groups in total. The van der Waals surface area contributed by atoms with Gasteiger partial charge in [-0.2, -0.15) is 13.2 Å². The standard InChI is InChI=1S/C26H33F3N4O2/c1-4-31-14-13-21-11-8-12-23(22(21)18-31)33(25(35)26(27,28)29)19-24(34)32(16-15-30(2)3)17-20-9-6-5-7-10-20/h5-12H,4,13-19H2,1-3H3. The molecule has 2 aromatic rings. The third kappa shape index (κ3) is 7.05. The van der Waals surface area contributed by atoms with E-state index >= 15 is 0 Å². The van der Waals surface area contributed by atoms with Crippen LogP contribution in [0.5, 0.6) is 0 Å². The van der Waals surface area contributed by atoms with E-state index in [-0.39, 0.29) is 12.2 Å². The number of fused-ring (bicyclic) bond motifs is 1. The number of nitrogens with zero attached hydrogens (tertiary/aromatic N) is 4. The van der Waals surface area contributed by atoms with Crippen LogP contribution in [0.25, 0.3) is 0 Å². The molecule has 0 bridgehead atoms. The number of rotatable bonds is 9. The predicted molar refractivity (Wildman–Crippen MR) is 130 cm³/mol. The summed E-state index contributed by atoms with van der Waals surface area (Å²) in [4.78, 5) is 32.1. The van der Waals surface area contributed by atoms with Gasteiger partial charge < -0.3 is 9.80 Å². The highest BCUT2D eigenvalue weighted by molar-refractivity contribution is 6.02. The molecule has 0 radical (unpaired) electrons. The van der Waals surface area contributed by atoms with Crippen LogP contribution in [-0.4, -0.2) is 79.5 Å². The number of carbonyl (C=O) groups is 2. The van der Waals surface area contributed by atoms with E-state index in [1.807, 2.05) is 62.3 Å². The van der Waals surface area contributed by atoms with Crippen LogP contribution in [0.4, 0.5) is 18.9 Å². The van der Waals surface area contributed by atoms with Gasteiger partial charge in [-0.1, -0.05) is 49.4 Å². The molecule has 2 aromatic carbocycles. The highest BCUT2D eigenvalue weighted by atomic mass is 19.4. The molecular formula is C26H33F3N4O2. The summed E-state index contributed by atoms with van der Waals surface area (Å²) in [5.74, 6) is -2.56. The second-order valence-corrected chi connectivity index (χ2v) is 9.03. The number of amides is 2. The summed E-state index contributed by atoms with van der Waals surface area (Å²) >= 11 is 0. The van der Waals surface area contributed by atoms with Crippen LogP contribution in [0, 0.1) is 0 Å². The molecule has 1 aliphatic heterocycles. The molecule has 0 atom stereocenters. The minimum atomic E-state index is -5.10. The topological polar surface area (TPSA) is 47.1 Å². The average molecular weight is 491 g/mol. The van der Waals surface area contributed by atoms with Crippen LogP contribution < -0.4 is 4.90 Å². The van der Waals surface area contributed by atoms with Crippen molar-refractivity contribution >= 4 is 17.5 Å². The third-order valence-corrected chi connectivity index (χ3v) is 6.23. The van der Waals surface area contributed by atoms with Crippen LogP contribution in [0.15, 0.2) is 48.5 Å². The minimum absolute atomic E-state index is 0.156. The third-order valence-electron chi connectivity index (χ3n) is 6.23. The van der Waals surface area contributed by atoms with Gasteiger partial charge >= 0.3 is 12.1 Å². The van der Waals surface area contributed by atoms with Gasteiger partial charge in [-0.3, -0.25) is 19.4 Å². The van der Waals surface area contributed by atoms with Crippen molar-refractivity contribution in [3.05, 3.63) is 65.2 Å². The average Bonchev–Trinajstić information content (AvgIpc) is 2.83. The molecule has 0 spiro atoms. The van der Waals surface area contributed by atoms with Crippen molar-refractivity contribution < 1.29 is 22.8 Å². The van der Waals surface area contributed by atoms with Gasteiger partial charge in [-0.15, -0.1) is 0 Å². The van der Waals surface area contributed by atoms with Gasteiger partial charge in [-0.05, 0) is 49.8 Å². The maximum atomic E-state index is 13.7. The summed E-state index contributed by atoms with van der Waals surface area (Å²) in [5.41, 5.74) is 2.61. The first-order valence-corrected chi connectivity index (χ1v) is 11.8. The van der Waals surface area contributed by atoms with Gasteiger partial charge in [0, 0.05) is 38.4 Å². The van der Waals surface area contributed by atoms with Crippen LogP contribution >= 0.6 is 0 Å². The summed E-state index contributed by atoms with van der Waals surface area (Å²) in [6.45, 7) is 4.40. The summed E-state index contributed by atoms with van der Waals surface area (Å²) in [6, 6.07) is 14.3. The molecule has 1 aliphatic rings. The Labute approximate surface area is 204 Å². The zero-order chi connectivity index (χ0) is 25.6. The van der Waals surface area contributed by atoms with Crippen molar-refractivity contribution in [1.29, 1.82) is 0 Å². The van der Waals surface area contributed by atoms with Crippen LogP contribution in [0.1, 0.15) is 23.6 Å². The van der Waals surface area contributed by atoms with Crippen LogP contribution in [-0.2, 0) is 29.1 Å². The molecule has 3 rings (SSSR count). The number of likely N-dealkylation sites (N-methyl/N-ethyl adjacent to an activating group) is 2. The second-order valence-electron chi connectivity index (χ2n) is 9.03. The van der Waals surface area contributed by atoms with E-state index in [1.165, 1.54) is 11.0 Å². The van der Waals surface area contributed by atoms with Gasteiger partial charge in [0.1, 0.15) is 6.54 Å². The highest BCUT2D eigenvalue weighted by Crippen LogP contribution is 2.32. The molecular weight excluding hydrogens is 457 g/mol. The van der Waals surface area contributed by atoms with Crippen molar-refractivity contribution in [1.82, 2.24) is 14.7 Å². The van der Waals surface area contributed by atoms with Crippen molar-refractivity contribution in [3.63, 3.8) is 0 Å². The molecule has 2 amide bonds. The Bertz CT molecular complexity index is 1010. The zero-order valence-corrected chi connectivity index (χ0v) is 20.5. The molecule has 0 aromatic heterocycles. The lowest BCUT2D eigenvalue weighted by atomic mass is 9.97. The lowest BCUT2D eigenvalue weighted by Gasteiger charge is -2.34. The Morgan fingerprint density at radius 3 is 2.34 bits per heavy atom. The zero-order valence-electron chi connectivity index (χ0n) is 20.5. The number of carbonyl (C=O) groups excluding carboxylic acids is 2. The summed E-state index contributed by atoms with van der Waals surface area (Å²) < 4.78 is 41.0. The van der Waals surface area contributed by atoms with E-state index in [0.717, 1.165) is 24.2 Å². The number of benzene rings is 2. The molecule has 0 saturated carbocycles. The first-order chi connectivity index (χ1) is 16.6. The number of halogens is 3. The molecule has 1 heterocycles. The molecule has 0 aliphatic carbocycles. The maximum Gasteiger partial charge on any atom is 0.471 e. The minimum Gasteiger partial charge on any atom is -0.336 e. The highest BCUT2D eigenvalue weighted by Gasteiger charge is 2.44. The van der Waals surface area contributed by atoms with Gasteiger partial charge in [0.05, 0.1) is 0 Å². The van der Waals surface area contributed by atoms with Crippen LogP contribution in [0.3, 0.4) is 0 Å². The van der Waals surface area contributed by atoms with E-state index < -0.39 is 24.5 Å². The summed E-state index contributed by atoms with van der Waals surface area (Å²) in [6.07, 6.45) is -4.42. The number of hydrogen-bond acceptors (Lipinski definition) is 4. The van der Waals surface area contributed by atoms with Gasteiger partial charge in [0.2, 0.25) is 5.91 Å². The van der Waals surface area contributed by atoms with Gasteiger partial charge in [0.25, 0.3) is 0 Å². The Hall–Kier alpha value is -2.91. The normalized spacial score (nSPS) is 14.0. The van der Waals surface area contributed by atoms with Gasteiger partial charge in [0.15, 0.2) is 0 Å². The Morgan fingerprint density at radius 2 is 1.71 bits per heavy atom. The molecule has 190 valence electrons. The largest absolute Gasteiger partial charge is 0.471 e. The van der Waals surface area contributed by atoms with Crippen LogP contribution in [0.2, 0.25) is 0 Å². The van der Waals surface area contributed by atoms with E-state index in [4.69, 9.17) is 0 Å². The van der Waals surface area contributed by atoms with E-state index in [9.17, 15) is 22.8 Å². The maximum absolute atomic E-state index is 13.7. The lowest BCUT2D eigenvalue weighted by molar-refractivity contribution is -0.170. The fraction of sp³-hybridized carbons (Fsp3) is 0.462. The summed E-state index contributed by atoms with van der Waals surface area (Å²) in [7, 11) is 3.72. The smallest absolute Gasteiger partial charge is 0.336 e. The Kier molecular flexibility index (Phi) is 8.91. The molecule has 0 unspecified atom stereocenters. The number of hydrogen-bond donors (Lipinski definition) is 0. The summed E-state index contributed by atoms with van der Waals surface area (Å²) in [5, 5.41) is 0. The number of alkyl halides is 3. The SMILES string of the molecule is CCN1CCc2cccc(N(CC(=O)N(CCN(C)C)Cc3ccccc3)C(=O)C(F)(F)F)c2C1. The van der Waals surface area contributed by atoms with Crippen molar-refractivity contribution in [2.24, 2.45) is 0 Å². The first-order valence-electron chi connectivity index (χ1n) is 11.8. The predicted octanol–water partition coefficient (Wildman–Crippen LogP) is 3.55. The molecule has 0 fully saturated rings. The lowest BCUT2D eigenvalue weighted by Crippen LogP contribution is -2.49. The molecule has 6 nitrogen and oxygen atoms in total. The van der Waals surface area contributed by atoms with E-state index in [1.54, 1.807) is 6.07 Å². The monoisotopic (exact) mass is 490 g/mol. The first kappa shape index (κ1) is 26.7. The fourth-order valence-electron chi connectivity index (χ4n) is 4.21. The molecule has 0 saturated heterocycles. The van der Waals surface area contributed by atoms with E-state index in [2.05, 4.69) is 4.90 Å². The second kappa shape index (κ2) is 11.7. The molecule has 35 heavy (non-hydrogen) atoms. The van der Waals surface area contributed by atoms with Gasteiger partial charge in [-0.25, -0.2) is 0 Å². The Morgan fingerprint density at radius 1 is 1.00 bits per heavy atom. The molecule has 9 heteroatoms. The Balaban J connectivity index is 1.94. The van der Waals surface area contributed by atoms with Crippen molar-refractivity contribution in [3.8, 4) is 0 Å².